The van der Waals surface area contributed by atoms with Crippen molar-refractivity contribution in [1.82, 2.24) is 16.2 Å². The highest BCUT2D eigenvalue weighted by molar-refractivity contribution is 7.80. The summed E-state index contributed by atoms with van der Waals surface area (Å²) in [7, 11) is 1.54. The number of hydrazine groups is 1. The van der Waals surface area contributed by atoms with E-state index in [2.05, 4.69) is 30.0 Å². The molecule has 2 aromatic carbocycles. The van der Waals surface area contributed by atoms with Gasteiger partial charge < -0.3 is 14.8 Å². The Morgan fingerprint density at radius 2 is 1.82 bits per heavy atom. The molecular weight excluding hydrogens is 374 g/mol. The van der Waals surface area contributed by atoms with Crippen molar-refractivity contribution in [2.24, 2.45) is 5.92 Å². The molecule has 0 saturated heterocycles. The minimum atomic E-state index is -0.319. The summed E-state index contributed by atoms with van der Waals surface area (Å²) < 4.78 is 11.2. The monoisotopic (exact) mass is 401 g/mol. The normalized spacial score (nSPS) is 10.3. The Bertz CT molecular complexity index is 782. The molecule has 7 heteroatoms. The predicted octanol–water partition coefficient (Wildman–Crippen LogP) is 3.43. The van der Waals surface area contributed by atoms with E-state index in [1.54, 1.807) is 25.3 Å². The summed E-state index contributed by atoms with van der Waals surface area (Å²) in [6, 6.07) is 14.9. The Hall–Kier alpha value is -2.80. The van der Waals surface area contributed by atoms with Crippen molar-refractivity contribution in [2.75, 3.05) is 13.7 Å². The number of ether oxygens (including phenoxy) is 2. The molecule has 2 rings (SSSR count). The molecule has 0 spiro atoms. The third kappa shape index (κ3) is 7.08. The van der Waals surface area contributed by atoms with Crippen molar-refractivity contribution in [3.8, 4) is 11.5 Å². The lowest BCUT2D eigenvalue weighted by Crippen LogP contribution is -2.47. The van der Waals surface area contributed by atoms with Crippen LogP contribution < -0.4 is 25.6 Å². The SMILES string of the molecule is COc1cc(C(=O)NNC(=S)NCCC(C)C)ccc1OCc1ccccc1. The van der Waals surface area contributed by atoms with Crippen LogP contribution >= 0.6 is 12.2 Å². The van der Waals surface area contributed by atoms with E-state index >= 15 is 0 Å². The van der Waals surface area contributed by atoms with Gasteiger partial charge in [-0.1, -0.05) is 44.2 Å². The molecule has 0 bridgehead atoms. The van der Waals surface area contributed by atoms with E-state index in [-0.39, 0.29) is 5.91 Å². The molecule has 0 atom stereocenters. The number of methoxy groups -OCH3 is 1. The Labute approximate surface area is 171 Å². The van der Waals surface area contributed by atoms with Crippen LogP contribution in [0, 0.1) is 5.92 Å². The third-order valence-electron chi connectivity index (χ3n) is 3.96. The summed E-state index contributed by atoms with van der Waals surface area (Å²) in [5, 5.41) is 3.42. The number of benzene rings is 2. The first kappa shape index (κ1) is 21.5. The van der Waals surface area contributed by atoms with Crippen LogP contribution in [0.1, 0.15) is 36.2 Å². The minimum absolute atomic E-state index is 0.319. The smallest absolute Gasteiger partial charge is 0.269 e. The molecule has 0 aliphatic heterocycles. The highest BCUT2D eigenvalue weighted by Crippen LogP contribution is 2.28. The summed E-state index contributed by atoms with van der Waals surface area (Å²) >= 11 is 5.14. The summed E-state index contributed by atoms with van der Waals surface area (Å²) in [6.45, 7) is 5.45. The van der Waals surface area contributed by atoms with Gasteiger partial charge in [0.05, 0.1) is 7.11 Å². The quantitative estimate of drug-likeness (QED) is 0.465. The van der Waals surface area contributed by atoms with Gasteiger partial charge in [-0.05, 0) is 48.3 Å². The Kier molecular flexibility index (Phi) is 8.55. The van der Waals surface area contributed by atoms with E-state index in [9.17, 15) is 4.79 Å². The van der Waals surface area contributed by atoms with E-state index in [0.717, 1.165) is 18.5 Å². The fourth-order valence-corrected chi connectivity index (χ4v) is 2.52. The van der Waals surface area contributed by atoms with E-state index < -0.39 is 0 Å². The number of amides is 1. The lowest BCUT2D eigenvalue weighted by atomic mass is 10.1. The molecule has 1 amide bonds. The van der Waals surface area contributed by atoms with Crippen LogP contribution in [-0.4, -0.2) is 24.7 Å². The average molecular weight is 402 g/mol. The maximum absolute atomic E-state index is 12.3. The van der Waals surface area contributed by atoms with Crippen LogP contribution in [0.5, 0.6) is 11.5 Å². The standard InChI is InChI=1S/C21H27N3O3S/c1-15(2)11-12-22-21(28)24-23-20(25)17-9-10-18(19(13-17)26-3)27-14-16-7-5-4-6-8-16/h4-10,13,15H,11-12,14H2,1-3H3,(H,23,25)(H2,22,24,28). The molecule has 3 N–H and O–H groups in total. The molecule has 0 aromatic heterocycles. The van der Waals surface area contributed by atoms with Gasteiger partial charge in [0.25, 0.3) is 5.91 Å². The van der Waals surface area contributed by atoms with Gasteiger partial charge in [0.15, 0.2) is 16.6 Å². The van der Waals surface area contributed by atoms with E-state index in [1.165, 1.54) is 0 Å². The molecule has 0 saturated carbocycles. The first-order valence-electron chi connectivity index (χ1n) is 9.18. The van der Waals surface area contributed by atoms with Gasteiger partial charge in [0, 0.05) is 12.1 Å². The molecule has 28 heavy (non-hydrogen) atoms. The number of rotatable bonds is 8. The van der Waals surface area contributed by atoms with Gasteiger partial charge in [-0.3, -0.25) is 15.6 Å². The van der Waals surface area contributed by atoms with Crippen molar-refractivity contribution < 1.29 is 14.3 Å². The number of carbonyl (C=O) groups is 1. The van der Waals surface area contributed by atoms with E-state index in [0.29, 0.717) is 34.7 Å². The van der Waals surface area contributed by atoms with Crippen molar-refractivity contribution >= 4 is 23.2 Å². The number of hydrogen-bond acceptors (Lipinski definition) is 4. The predicted molar refractivity (Wildman–Crippen MR) is 114 cm³/mol. The van der Waals surface area contributed by atoms with E-state index in [4.69, 9.17) is 21.7 Å². The van der Waals surface area contributed by atoms with Gasteiger partial charge in [-0.2, -0.15) is 0 Å². The van der Waals surface area contributed by atoms with Gasteiger partial charge >= 0.3 is 0 Å². The number of hydrogen-bond donors (Lipinski definition) is 3. The van der Waals surface area contributed by atoms with Gasteiger partial charge in [-0.25, -0.2) is 0 Å². The van der Waals surface area contributed by atoms with Crippen molar-refractivity contribution in [1.29, 1.82) is 0 Å². The lowest BCUT2D eigenvalue weighted by Gasteiger charge is -2.14. The van der Waals surface area contributed by atoms with Gasteiger partial charge in [-0.15, -0.1) is 0 Å². The molecule has 2 aromatic rings. The lowest BCUT2D eigenvalue weighted by molar-refractivity contribution is 0.0943. The van der Waals surface area contributed by atoms with Crippen LogP contribution in [0.3, 0.4) is 0 Å². The van der Waals surface area contributed by atoms with Gasteiger partial charge in [0.2, 0.25) is 0 Å². The number of nitrogens with one attached hydrogen (secondary N) is 3. The summed E-state index contributed by atoms with van der Waals surface area (Å²) in [6.07, 6.45) is 0.997. The first-order valence-corrected chi connectivity index (χ1v) is 9.59. The van der Waals surface area contributed by atoms with Crippen LogP contribution in [0.15, 0.2) is 48.5 Å². The fourth-order valence-electron chi connectivity index (χ4n) is 2.37. The molecular formula is C21H27N3O3S. The van der Waals surface area contributed by atoms with Crippen molar-refractivity contribution in [3.63, 3.8) is 0 Å². The molecule has 0 aliphatic carbocycles. The van der Waals surface area contributed by atoms with Crippen LogP contribution in [0.2, 0.25) is 0 Å². The molecule has 0 radical (unpaired) electrons. The Morgan fingerprint density at radius 1 is 1.07 bits per heavy atom. The van der Waals surface area contributed by atoms with Crippen LogP contribution in [0.4, 0.5) is 0 Å². The van der Waals surface area contributed by atoms with Crippen LogP contribution in [-0.2, 0) is 6.61 Å². The Morgan fingerprint density at radius 3 is 2.50 bits per heavy atom. The zero-order valence-corrected chi connectivity index (χ0v) is 17.3. The zero-order valence-electron chi connectivity index (χ0n) is 16.5. The van der Waals surface area contributed by atoms with E-state index in [1.807, 2.05) is 30.3 Å². The van der Waals surface area contributed by atoms with Crippen LogP contribution in [0.25, 0.3) is 0 Å². The number of thiocarbonyl (C=S) groups is 1. The second-order valence-corrected chi connectivity index (χ2v) is 7.07. The third-order valence-corrected chi connectivity index (χ3v) is 4.21. The van der Waals surface area contributed by atoms with Crippen molar-refractivity contribution in [3.05, 3.63) is 59.7 Å². The number of carbonyl (C=O) groups excluding carboxylic acids is 1. The molecule has 0 fully saturated rings. The highest BCUT2D eigenvalue weighted by Gasteiger charge is 2.12. The second-order valence-electron chi connectivity index (χ2n) is 6.66. The average Bonchev–Trinajstić information content (AvgIpc) is 2.70. The second kappa shape index (κ2) is 11.1. The first-order chi connectivity index (χ1) is 13.5. The zero-order chi connectivity index (χ0) is 20.4. The topological polar surface area (TPSA) is 71.6 Å². The summed E-state index contributed by atoms with van der Waals surface area (Å²) in [4.78, 5) is 12.3. The molecule has 0 unspecified atom stereocenters. The maximum atomic E-state index is 12.3. The minimum Gasteiger partial charge on any atom is -0.493 e. The fraction of sp³-hybridized carbons (Fsp3) is 0.333. The largest absolute Gasteiger partial charge is 0.493 e. The maximum Gasteiger partial charge on any atom is 0.269 e. The molecule has 6 nitrogen and oxygen atoms in total. The van der Waals surface area contributed by atoms with Crippen molar-refractivity contribution in [2.45, 2.75) is 26.9 Å². The molecule has 0 heterocycles. The summed E-state index contributed by atoms with van der Waals surface area (Å²) in [5.74, 6) is 1.32. The van der Waals surface area contributed by atoms with Gasteiger partial charge in [0.1, 0.15) is 6.61 Å². The highest BCUT2D eigenvalue weighted by atomic mass is 32.1. The Balaban J connectivity index is 1.89. The summed E-state index contributed by atoms with van der Waals surface area (Å²) in [5.41, 5.74) is 6.76. The molecule has 0 aliphatic rings. The molecule has 150 valence electrons.